The van der Waals surface area contributed by atoms with Gasteiger partial charge in [0.2, 0.25) is 5.91 Å². The predicted molar refractivity (Wildman–Crippen MR) is 64.3 cm³/mol. The molecule has 1 heterocycles. The van der Waals surface area contributed by atoms with E-state index < -0.39 is 0 Å². The van der Waals surface area contributed by atoms with Gasteiger partial charge in [-0.25, -0.2) is 0 Å². The van der Waals surface area contributed by atoms with E-state index in [1.807, 2.05) is 0 Å². The normalized spacial score (nSPS) is 21.1. The first kappa shape index (κ1) is 13.5. The van der Waals surface area contributed by atoms with Crippen molar-refractivity contribution in [2.24, 2.45) is 5.92 Å². The maximum atomic E-state index is 11.6. The minimum atomic E-state index is -0.154. The van der Waals surface area contributed by atoms with E-state index in [4.69, 9.17) is 4.74 Å². The van der Waals surface area contributed by atoms with E-state index in [2.05, 4.69) is 24.5 Å². The van der Waals surface area contributed by atoms with Gasteiger partial charge in [-0.05, 0) is 12.3 Å². The minimum absolute atomic E-state index is 0.0734. The summed E-state index contributed by atoms with van der Waals surface area (Å²) in [5, 5.41) is 6.09. The number of morpholine rings is 1. The van der Waals surface area contributed by atoms with Crippen LogP contribution in [0.1, 0.15) is 33.1 Å². The molecule has 1 saturated heterocycles. The van der Waals surface area contributed by atoms with Gasteiger partial charge in [0.1, 0.15) is 6.04 Å². The highest BCUT2D eigenvalue weighted by atomic mass is 16.5. The van der Waals surface area contributed by atoms with Gasteiger partial charge in [0.25, 0.3) is 0 Å². The number of unbranched alkanes of at least 4 members (excludes halogenated alkanes) is 1. The molecule has 0 bridgehead atoms. The highest BCUT2D eigenvalue weighted by Gasteiger charge is 2.20. The Balaban J connectivity index is 2.01. The van der Waals surface area contributed by atoms with Crippen LogP contribution < -0.4 is 10.6 Å². The molecule has 2 N–H and O–H groups in total. The summed E-state index contributed by atoms with van der Waals surface area (Å²) >= 11 is 0. The van der Waals surface area contributed by atoms with Crippen molar-refractivity contribution >= 4 is 5.91 Å². The molecule has 0 aromatic carbocycles. The highest BCUT2D eigenvalue weighted by molar-refractivity contribution is 5.81. The van der Waals surface area contributed by atoms with Crippen molar-refractivity contribution in [3.05, 3.63) is 0 Å². The van der Waals surface area contributed by atoms with Crippen LogP contribution in [-0.4, -0.2) is 38.3 Å². The first-order valence-corrected chi connectivity index (χ1v) is 6.29. The number of nitrogens with one attached hydrogen (secondary N) is 2. The third kappa shape index (κ3) is 5.47. The Kier molecular flexibility index (Phi) is 6.42. The largest absolute Gasteiger partial charge is 0.378 e. The Morgan fingerprint density at radius 1 is 1.50 bits per heavy atom. The SMILES string of the molecule is CC(C)CCCCNC(=O)C1COCCN1. The van der Waals surface area contributed by atoms with Gasteiger partial charge < -0.3 is 15.4 Å². The van der Waals surface area contributed by atoms with Crippen LogP contribution in [-0.2, 0) is 9.53 Å². The molecule has 0 radical (unpaired) electrons. The number of carbonyl (C=O) groups excluding carboxylic acids is 1. The van der Waals surface area contributed by atoms with Crippen LogP contribution in [0.2, 0.25) is 0 Å². The molecule has 0 aromatic rings. The lowest BCUT2D eigenvalue weighted by molar-refractivity contribution is -0.125. The summed E-state index contributed by atoms with van der Waals surface area (Å²) in [5.41, 5.74) is 0. The molecule has 1 amide bonds. The molecule has 0 spiro atoms. The van der Waals surface area contributed by atoms with E-state index in [0.29, 0.717) is 13.2 Å². The molecular weight excluding hydrogens is 204 g/mol. The predicted octanol–water partition coefficient (Wildman–Crippen LogP) is 0.917. The number of hydrogen-bond donors (Lipinski definition) is 2. The van der Waals surface area contributed by atoms with E-state index in [9.17, 15) is 4.79 Å². The van der Waals surface area contributed by atoms with Crippen molar-refractivity contribution < 1.29 is 9.53 Å². The lowest BCUT2D eigenvalue weighted by atomic mass is 10.1. The summed E-state index contributed by atoms with van der Waals surface area (Å²) < 4.78 is 5.24. The van der Waals surface area contributed by atoms with Crippen molar-refractivity contribution in [2.45, 2.75) is 39.2 Å². The lowest BCUT2D eigenvalue weighted by Crippen LogP contribution is -2.51. The monoisotopic (exact) mass is 228 g/mol. The second-order valence-electron chi connectivity index (χ2n) is 4.76. The van der Waals surface area contributed by atoms with Crippen molar-refractivity contribution in [2.75, 3.05) is 26.3 Å². The topological polar surface area (TPSA) is 50.4 Å². The third-order valence-electron chi connectivity index (χ3n) is 2.75. The number of amides is 1. The van der Waals surface area contributed by atoms with Gasteiger partial charge in [0.15, 0.2) is 0 Å². The standard InChI is InChI=1S/C12H24N2O2/c1-10(2)5-3-4-6-14-12(15)11-9-16-8-7-13-11/h10-11,13H,3-9H2,1-2H3,(H,14,15). The number of rotatable bonds is 6. The molecule has 1 rings (SSSR count). The fraction of sp³-hybridized carbons (Fsp3) is 0.917. The summed E-state index contributed by atoms with van der Waals surface area (Å²) in [6.07, 6.45) is 3.49. The average Bonchev–Trinajstić information content (AvgIpc) is 2.29. The molecule has 0 saturated carbocycles. The molecule has 4 nitrogen and oxygen atoms in total. The van der Waals surface area contributed by atoms with Crippen molar-refractivity contribution in [3.63, 3.8) is 0 Å². The second kappa shape index (κ2) is 7.63. The quantitative estimate of drug-likeness (QED) is 0.665. The maximum absolute atomic E-state index is 11.6. The molecule has 94 valence electrons. The van der Waals surface area contributed by atoms with Gasteiger partial charge in [0.05, 0.1) is 13.2 Å². The molecule has 0 aromatic heterocycles. The molecular formula is C12H24N2O2. The first-order chi connectivity index (χ1) is 7.70. The Morgan fingerprint density at radius 3 is 2.94 bits per heavy atom. The van der Waals surface area contributed by atoms with Gasteiger partial charge in [-0.2, -0.15) is 0 Å². The third-order valence-corrected chi connectivity index (χ3v) is 2.75. The fourth-order valence-corrected chi connectivity index (χ4v) is 1.75. The zero-order chi connectivity index (χ0) is 11.8. The van der Waals surface area contributed by atoms with Crippen LogP contribution in [0.15, 0.2) is 0 Å². The zero-order valence-electron chi connectivity index (χ0n) is 10.4. The van der Waals surface area contributed by atoms with E-state index >= 15 is 0 Å². The zero-order valence-corrected chi connectivity index (χ0v) is 10.4. The molecule has 1 fully saturated rings. The van der Waals surface area contributed by atoms with Crippen LogP contribution >= 0.6 is 0 Å². The van der Waals surface area contributed by atoms with Crippen LogP contribution in [0.3, 0.4) is 0 Å². The van der Waals surface area contributed by atoms with Gasteiger partial charge in [-0.3, -0.25) is 4.79 Å². The first-order valence-electron chi connectivity index (χ1n) is 6.29. The average molecular weight is 228 g/mol. The highest BCUT2D eigenvalue weighted by Crippen LogP contribution is 2.05. The van der Waals surface area contributed by atoms with Crippen LogP contribution in [0, 0.1) is 5.92 Å². The Bertz CT molecular complexity index is 201. The Labute approximate surface area is 98.1 Å². The molecule has 1 atom stereocenters. The fourth-order valence-electron chi connectivity index (χ4n) is 1.75. The second-order valence-corrected chi connectivity index (χ2v) is 4.76. The molecule has 4 heteroatoms. The lowest BCUT2D eigenvalue weighted by Gasteiger charge is -2.22. The molecule has 1 aliphatic heterocycles. The smallest absolute Gasteiger partial charge is 0.239 e. The Morgan fingerprint density at radius 2 is 2.31 bits per heavy atom. The summed E-state index contributed by atoms with van der Waals surface area (Å²) in [5.74, 6) is 0.827. The van der Waals surface area contributed by atoms with Crippen molar-refractivity contribution in [1.82, 2.24) is 10.6 Å². The van der Waals surface area contributed by atoms with E-state index in [1.165, 1.54) is 12.8 Å². The van der Waals surface area contributed by atoms with E-state index in [0.717, 1.165) is 25.4 Å². The number of hydrogen-bond acceptors (Lipinski definition) is 3. The molecule has 16 heavy (non-hydrogen) atoms. The van der Waals surface area contributed by atoms with E-state index in [1.54, 1.807) is 0 Å². The minimum Gasteiger partial charge on any atom is -0.378 e. The molecule has 0 aliphatic carbocycles. The van der Waals surface area contributed by atoms with Crippen LogP contribution in [0.4, 0.5) is 0 Å². The van der Waals surface area contributed by atoms with Gasteiger partial charge >= 0.3 is 0 Å². The molecule has 1 unspecified atom stereocenters. The Hall–Kier alpha value is -0.610. The van der Waals surface area contributed by atoms with Crippen molar-refractivity contribution in [1.29, 1.82) is 0 Å². The number of carbonyl (C=O) groups is 1. The number of ether oxygens (including phenoxy) is 1. The van der Waals surface area contributed by atoms with Gasteiger partial charge in [-0.1, -0.05) is 26.7 Å². The summed E-state index contributed by atoms with van der Waals surface area (Å²) in [4.78, 5) is 11.6. The summed E-state index contributed by atoms with van der Waals surface area (Å²) in [6.45, 7) is 7.20. The van der Waals surface area contributed by atoms with Crippen LogP contribution in [0.5, 0.6) is 0 Å². The molecule has 1 aliphatic rings. The summed E-state index contributed by atoms with van der Waals surface area (Å²) in [7, 11) is 0. The van der Waals surface area contributed by atoms with E-state index in [-0.39, 0.29) is 11.9 Å². The maximum Gasteiger partial charge on any atom is 0.239 e. The summed E-state index contributed by atoms with van der Waals surface area (Å²) in [6, 6.07) is -0.154. The van der Waals surface area contributed by atoms with Crippen LogP contribution in [0.25, 0.3) is 0 Å². The van der Waals surface area contributed by atoms with Gasteiger partial charge in [0, 0.05) is 13.1 Å². The van der Waals surface area contributed by atoms with Crippen molar-refractivity contribution in [3.8, 4) is 0 Å². The van der Waals surface area contributed by atoms with Gasteiger partial charge in [-0.15, -0.1) is 0 Å².